The van der Waals surface area contributed by atoms with Crippen molar-refractivity contribution >= 4 is 11.9 Å². The van der Waals surface area contributed by atoms with Crippen molar-refractivity contribution in [2.75, 3.05) is 39.3 Å². The summed E-state index contributed by atoms with van der Waals surface area (Å²) in [4.78, 5) is 17.7. The molecule has 7 nitrogen and oxygen atoms in total. The molecule has 1 saturated heterocycles. The van der Waals surface area contributed by atoms with Crippen LogP contribution in [0.2, 0.25) is 0 Å². The minimum atomic E-state index is -4.20. The van der Waals surface area contributed by atoms with E-state index >= 15 is 0 Å². The number of carbonyl (C=O) groups is 1. The largest absolute Gasteiger partial charge is 0.507 e. The molecular formula is C18H26F3N5O2. The highest BCUT2D eigenvalue weighted by Crippen LogP contribution is 2.20. The molecule has 1 aliphatic rings. The molecule has 1 aromatic carbocycles. The van der Waals surface area contributed by atoms with Crippen LogP contribution in [0.25, 0.3) is 0 Å². The second-order valence-electron chi connectivity index (χ2n) is 6.51. The number of phenols is 1. The summed E-state index contributed by atoms with van der Waals surface area (Å²) in [6, 6.07) is 6.12. The minimum Gasteiger partial charge on any atom is -0.507 e. The Balaban J connectivity index is 1.79. The van der Waals surface area contributed by atoms with E-state index in [1.54, 1.807) is 12.1 Å². The van der Waals surface area contributed by atoms with E-state index in [2.05, 4.69) is 20.9 Å². The number of hydrogen-bond donors (Lipinski definition) is 4. The second-order valence-corrected chi connectivity index (χ2v) is 6.51. The van der Waals surface area contributed by atoms with Crippen LogP contribution in [0.15, 0.2) is 29.3 Å². The van der Waals surface area contributed by atoms with Crippen molar-refractivity contribution in [1.29, 1.82) is 0 Å². The fourth-order valence-corrected chi connectivity index (χ4v) is 2.96. The van der Waals surface area contributed by atoms with Gasteiger partial charge in [0.2, 0.25) is 0 Å². The molecule has 1 fully saturated rings. The van der Waals surface area contributed by atoms with Crippen molar-refractivity contribution < 1.29 is 23.1 Å². The highest BCUT2D eigenvalue weighted by molar-refractivity contribution is 5.96. The monoisotopic (exact) mass is 401 g/mol. The molecule has 0 aromatic heterocycles. The lowest BCUT2D eigenvalue weighted by molar-refractivity contribution is -0.143. The van der Waals surface area contributed by atoms with Crippen LogP contribution in [0.4, 0.5) is 13.2 Å². The van der Waals surface area contributed by atoms with Gasteiger partial charge >= 0.3 is 6.18 Å². The summed E-state index contributed by atoms with van der Waals surface area (Å²) in [5.41, 5.74) is 0.187. The van der Waals surface area contributed by atoms with Crippen LogP contribution in [0.3, 0.4) is 0 Å². The fourth-order valence-electron chi connectivity index (χ4n) is 2.96. The number of rotatable bonds is 7. The average molecular weight is 401 g/mol. The number of alkyl halides is 3. The molecule has 1 heterocycles. The molecule has 1 aromatic rings. The Labute approximate surface area is 162 Å². The third kappa shape index (κ3) is 7.26. The zero-order valence-corrected chi connectivity index (χ0v) is 15.7. The van der Waals surface area contributed by atoms with E-state index in [9.17, 15) is 23.1 Å². The van der Waals surface area contributed by atoms with Crippen molar-refractivity contribution in [2.45, 2.75) is 25.6 Å². The minimum absolute atomic E-state index is 0.0943. The maximum atomic E-state index is 12.5. The average Bonchev–Trinajstić information content (AvgIpc) is 3.04. The number of amides is 1. The predicted molar refractivity (Wildman–Crippen MR) is 100 cm³/mol. The number of nitrogens with one attached hydrogen (secondary N) is 3. The Morgan fingerprint density at radius 3 is 2.75 bits per heavy atom. The van der Waals surface area contributed by atoms with Gasteiger partial charge in [-0.2, -0.15) is 13.2 Å². The Hall–Kier alpha value is -2.49. The normalized spacial score (nSPS) is 18.1. The number of aliphatic imine (C=N–C) groups is 1. The molecule has 0 saturated carbocycles. The molecule has 28 heavy (non-hydrogen) atoms. The van der Waals surface area contributed by atoms with Crippen molar-refractivity contribution in [2.24, 2.45) is 4.99 Å². The van der Waals surface area contributed by atoms with Crippen LogP contribution in [-0.2, 0) is 0 Å². The standard InChI is InChI=1S/C18H26F3N5O2/c1-2-22-17(25-13-7-10-26(11-13)12-18(19,20)21)24-9-8-23-16(28)14-5-3-4-6-15(14)27/h3-6,13,27H,2,7-12H2,1H3,(H,23,28)(H2,22,24,25). The van der Waals surface area contributed by atoms with Crippen LogP contribution < -0.4 is 16.0 Å². The van der Waals surface area contributed by atoms with Crippen molar-refractivity contribution in [3.05, 3.63) is 29.8 Å². The lowest BCUT2D eigenvalue weighted by atomic mass is 10.2. The molecule has 1 aliphatic heterocycles. The van der Waals surface area contributed by atoms with Crippen LogP contribution >= 0.6 is 0 Å². The zero-order chi connectivity index (χ0) is 20.6. The highest BCUT2D eigenvalue weighted by Gasteiger charge is 2.34. The van der Waals surface area contributed by atoms with Crippen molar-refractivity contribution in [3.63, 3.8) is 0 Å². The van der Waals surface area contributed by atoms with E-state index in [1.165, 1.54) is 17.0 Å². The lowest BCUT2D eigenvalue weighted by Gasteiger charge is -2.19. The van der Waals surface area contributed by atoms with Gasteiger partial charge in [0.15, 0.2) is 5.96 Å². The first-order chi connectivity index (χ1) is 13.3. The van der Waals surface area contributed by atoms with E-state index in [4.69, 9.17) is 0 Å². The van der Waals surface area contributed by atoms with Gasteiger partial charge in [0, 0.05) is 32.2 Å². The third-order valence-corrected chi connectivity index (χ3v) is 4.18. The van der Waals surface area contributed by atoms with Crippen LogP contribution in [0.5, 0.6) is 5.75 Å². The van der Waals surface area contributed by atoms with Gasteiger partial charge in [0.25, 0.3) is 5.91 Å². The number of hydrogen-bond acceptors (Lipinski definition) is 4. The Bertz CT molecular complexity index is 681. The van der Waals surface area contributed by atoms with Gasteiger partial charge in [-0.1, -0.05) is 12.1 Å². The maximum Gasteiger partial charge on any atom is 0.401 e. The molecular weight excluding hydrogens is 375 g/mol. The number of phenolic OH excluding ortho intramolecular Hbond substituents is 1. The summed E-state index contributed by atoms with van der Waals surface area (Å²) in [7, 11) is 0. The topological polar surface area (TPSA) is 89.0 Å². The van der Waals surface area contributed by atoms with Crippen LogP contribution in [0.1, 0.15) is 23.7 Å². The summed E-state index contributed by atoms with van der Waals surface area (Å²) >= 11 is 0. The van der Waals surface area contributed by atoms with Crippen LogP contribution in [-0.4, -0.2) is 73.4 Å². The number of para-hydroxylation sites is 1. The first kappa shape index (κ1) is 21.8. The Morgan fingerprint density at radius 2 is 2.07 bits per heavy atom. The van der Waals surface area contributed by atoms with Crippen LogP contribution in [0, 0.1) is 0 Å². The van der Waals surface area contributed by atoms with E-state index in [1.807, 2.05) is 6.92 Å². The number of nitrogens with zero attached hydrogens (tertiary/aromatic N) is 2. The molecule has 2 rings (SSSR count). The van der Waals surface area contributed by atoms with Gasteiger partial charge in [0.1, 0.15) is 5.75 Å². The SMILES string of the molecule is CCNC(=NCCNC(=O)c1ccccc1O)NC1CCN(CC(F)(F)F)C1. The number of guanidine groups is 1. The Morgan fingerprint density at radius 1 is 1.32 bits per heavy atom. The molecule has 10 heteroatoms. The van der Waals surface area contributed by atoms with Crippen molar-refractivity contribution in [3.8, 4) is 5.75 Å². The molecule has 0 radical (unpaired) electrons. The lowest BCUT2D eigenvalue weighted by Crippen LogP contribution is -2.45. The number of likely N-dealkylation sites (tertiary alicyclic amines) is 1. The molecule has 0 aliphatic carbocycles. The summed E-state index contributed by atoms with van der Waals surface area (Å²) in [6.45, 7) is 2.82. The third-order valence-electron chi connectivity index (χ3n) is 4.18. The maximum absolute atomic E-state index is 12.5. The zero-order valence-electron chi connectivity index (χ0n) is 15.7. The van der Waals surface area contributed by atoms with Gasteiger partial charge in [-0.05, 0) is 25.5 Å². The molecule has 1 atom stereocenters. The van der Waals surface area contributed by atoms with Gasteiger partial charge in [-0.15, -0.1) is 0 Å². The number of benzene rings is 1. The molecule has 1 amide bonds. The van der Waals surface area contributed by atoms with E-state index in [-0.39, 0.29) is 30.4 Å². The van der Waals surface area contributed by atoms with Crippen molar-refractivity contribution in [1.82, 2.24) is 20.9 Å². The predicted octanol–water partition coefficient (Wildman–Crippen LogP) is 1.31. The Kier molecular flexibility index (Phi) is 7.91. The van der Waals surface area contributed by atoms with Gasteiger partial charge in [-0.3, -0.25) is 14.7 Å². The van der Waals surface area contributed by atoms with Gasteiger partial charge in [-0.25, -0.2) is 0 Å². The fraction of sp³-hybridized carbons (Fsp3) is 0.556. The number of carbonyl (C=O) groups excluding carboxylic acids is 1. The van der Waals surface area contributed by atoms with E-state index < -0.39 is 18.6 Å². The van der Waals surface area contributed by atoms with E-state index in [0.717, 1.165) is 0 Å². The quantitative estimate of drug-likeness (QED) is 0.314. The van der Waals surface area contributed by atoms with E-state index in [0.29, 0.717) is 32.0 Å². The first-order valence-electron chi connectivity index (χ1n) is 9.18. The van der Waals surface area contributed by atoms with Gasteiger partial charge < -0.3 is 21.1 Å². The molecule has 4 N–H and O–H groups in total. The number of halogens is 3. The van der Waals surface area contributed by atoms with Gasteiger partial charge in [0.05, 0.1) is 18.7 Å². The molecule has 0 spiro atoms. The first-order valence-corrected chi connectivity index (χ1v) is 9.18. The smallest absolute Gasteiger partial charge is 0.401 e. The molecule has 1 unspecified atom stereocenters. The molecule has 156 valence electrons. The summed E-state index contributed by atoms with van der Waals surface area (Å²) in [6.07, 6.45) is -3.59. The summed E-state index contributed by atoms with van der Waals surface area (Å²) in [5.74, 6) is 0.00571. The molecule has 0 bridgehead atoms. The summed E-state index contributed by atoms with van der Waals surface area (Å²) < 4.78 is 37.5. The number of aromatic hydroxyl groups is 1. The highest BCUT2D eigenvalue weighted by atomic mass is 19.4. The second kappa shape index (κ2) is 10.2. The summed E-state index contributed by atoms with van der Waals surface area (Å²) in [5, 5.41) is 18.5.